The van der Waals surface area contributed by atoms with E-state index in [2.05, 4.69) is 39.6 Å². The fraction of sp³-hybridized carbons (Fsp3) is 0.176. The zero-order chi connectivity index (χ0) is 14.2. The first kappa shape index (κ1) is 12.3. The first-order chi connectivity index (χ1) is 10.3. The van der Waals surface area contributed by atoms with E-state index in [0.717, 1.165) is 35.2 Å². The van der Waals surface area contributed by atoms with E-state index in [0.29, 0.717) is 12.4 Å². The molecule has 4 nitrogen and oxygen atoms in total. The molecule has 0 saturated carbocycles. The van der Waals surface area contributed by atoms with Crippen LogP contribution in [-0.2, 0) is 13.0 Å². The van der Waals surface area contributed by atoms with E-state index >= 15 is 0 Å². The van der Waals surface area contributed by atoms with Crippen LogP contribution in [0, 0.1) is 0 Å². The molecule has 3 aromatic rings. The van der Waals surface area contributed by atoms with Gasteiger partial charge in [-0.15, -0.1) is 0 Å². The third kappa shape index (κ3) is 2.14. The number of nitrogens with one attached hydrogen (secondary N) is 2. The normalized spacial score (nSPS) is 14.1. The van der Waals surface area contributed by atoms with Gasteiger partial charge in [0.2, 0.25) is 0 Å². The van der Waals surface area contributed by atoms with Crippen molar-refractivity contribution in [3.05, 3.63) is 64.1 Å². The molecule has 21 heavy (non-hydrogen) atoms. The lowest BCUT2D eigenvalue weighted by Crippen LogP contribution is -2.31. The second-order valence-corrected chi connectivity index (χ2v) is 5.33. The monoisotopic (exact) mass is 277 g/mol. The van der Waals surface area contributed by atoms with Gasteiger partial charge in [-0.1, -0.05) is 36.4 Å². The summed E-state index contributed by atoms with van der Waals surface area (Å²) in [4.78, 5) is 19.8. The van der Waals surface area contributed by atoms with Crippen molar-refractivity contribution in [3.8, 4) is 11.4 Å². The zero-order valence-electron chi connectivity index (χ0n) is 11.5. The van der Waals surface area contributed by atoms with Gasteiger partial charge in [-0.2, -0.15) is 0 Å². The highest BCUT2D eigenvalue weighted by Gasteiger charge is 2.15. The van der Waals surface area contributed by atoms with Crippen molar-refractivity contribution in [1.82, 2.24) is 15.3 Å². The van der Waals surface area contributed by atoms with Crippen LogP contribution in [0.15, 0.2) is 47.3 Å². The van der Waals surface area contributed by atoms with Gasteiger partial charge in [-0.3, -0.25) is 4.79 Å². The summed E-state index contributed by atoms with van der Waals surface area (Å²) in [5, 5.41) is 5.59. The number of nitrogens with zero attached hydrogens (tertiary/aromatic N) is 1. The quantitative estimate of drug-likeness (QED) is 0.717. The molecular formula is C17H15N3O. The van der Waals surface area contributed by atoms with Crippen molar-refractivity contribution < 1.29 is 0 Å². The fourth-order valence-corrected chi connectivity index (χ4v) is 2.84. The minimum Gasteiger partial charge on any atom is -0.311 e. The number of hydrogen-bond acceptors (Lipinski definition) is 3. The second kappa shape index (κ2) is 4.82. The van der Waals surface area contributed by atoms with Crippen LogP contribution < -0.4 is 10.9 Å². The topological polar surface area (TPSA) is 57.8 Å². The fourth-order valence-electron chi connectivity index (χ4n) is 2.84. The van der Waals surface area contributed by atoms with E-state index in [1.165, 1.54) is 5.39 Å². The van der Waals surface area contributed by atoms with Crippen LogP contribution in [0.1, 0.15) is 11.3 Å². The van der Waals surface area contributed by atoms with Crippen molar-refractivity contribution in [2.24, 2.45) is 0 Å². The number of fused-ring (bicyclic) bond motifs is 2. The van der Waals surface area contributed by atoms with Gasteiger partial charge in [0.05, 0.1) is 5.69 Å². The largest absolute Gasteiger partial charge is 0.311 e. The van der Waals surface area contributed by atoms with Gasteiger partial charge in [0, 0.05) is 17.7 Å². The standard InChI is InChI=1S/C17H15N3O/c21-17-14-7-8-18-10-15(14)19-16(20-17)13-6-5-11-3-1-2-4-12(11)9-13/h1-6,9,18H,7-8,10H2,(H,19,20,21). The highest BCUT2D eigenvalue weighted by atomic mass is 16.1. The Balaban J connectivity index is 1.88. The average Bonchev–Trinajstić information content (AvgIpc) is 2.54. The lowest BCUT2D eigenvalue weighted by molar-refractivity contribution is 0.619. The van der Waals surface area contributed by atoms with Crippen LogP contribution in [0.4, 0.5) is 0 Å². The van der Waals surface area contributed by atoms with Crippen molar-refractivity contribution in [3.63, 3.8) is 0 Å². The summed E-state index contributed by atoms with van der Waals surface area (Å²) in [6, 6.07) is 14.3. The summed E-state index contributed by atoms with van der Waals surface area (Å²) < 4.78 is 0. The Labute approximate surface area is 121 Å². The van der Waals surface area contributed by atoms with Crippen LogP contribution in [0.3, 0.4) is 0 Å². The Morgan fingerprint density at radius 2 is 1.90 bits per heavy atom. The number of H-pyrrole nitrogens is 1. The number of hydrogen-bond donors (Lipinski definition) is 2. The second-order valence-electron chi connectivity index (χ2n) is 5.33. The predicted octanol–water partition coefficient (Wildman–Crippen LogP) is 2.24. The van der Waals surface area contributed by atoms with Gasteiger partial charge in [0.25, 0.3) is 5.56 Å². The Bertz CT molecular complexity index is 883. The van der Waals surface area contributed by atoms with Gasteiger partial charge >= 0.3 is 0 Å². The molecule has 0 aliphatic carbocycles. The maximum atomic E-state index is 12.2. The third-order valence-electron chi connectivity index (χ3n) is 3.97. The average molecular weight is 277 g/mol. The summed E-state index contributed by atoms with van der Waals surface area (Å²) in [6.45, 7) is 1.51. The molecule has 0 saturated heterocycles. The van der Waals surface area contributed by atoms with E-state index in [1.54, 1.807) is 0 Å². The lowest BCUT2D eigenvalue weighted by atomic mass is 10.1. The molecule has 0 unspecified atom stereocenters. The number of aromatic amines is 1. The van der Waals surface area contributed by atoms with Crippen molar-refractivity contribution in [2.45, 2.75) is 13.0 Å². The molecular weight excluding hydrogens is 262 g/mol. The zero-order valence-corrected chi connectivity index (χ0v) is 11.5. The Morgan fingerprint density at radius 1 is 1.05 bits per heavy atom. The molecule has 4 heteroatoms. The summed E-state index contributed by atoms with van der Waals surface area (Å²) in [5.41, 5.74) is 2.62. The predicted molar refractivity (Wildman–Crippen MR) is 83.2 cm³/mol. The van der Waals surface area contributed by atoms with Crippen LogP contribution in [-0.4, -0.2) is 16.5 Å². The first-order valence-electron chi connectivity index (χ1n) is 7.13. The minimum absolute atomic E-state index is 0.00958. The molecule has 104 valence electrons. The van der Waals surface area contributed by atoms with Crippen molar-refractivity contribution >= 4 is 10.8 Å². The summed E-state index contributed by atoms with van der Waals surface area (Å²) in [6.07, 6.45) is 0.746. The molecule has 1 aliphatic rings. The van der Waals surface area contributed by atoms with E-state index < -0.39 is 0 Å². The maximum absolute atomic E-state index is 12.2. The lowest BCUT2D eigenvalue weighted by Gasteiger charge is -2.16. The molecule has 0 spiro atoms. The van der Waals surface area contributed by atoms with Crippen LogP contribution in [0.25, 0.3) is 22.2 Å². The van der Waals surface area contributed by atoms with E-state index in [9.17, 15) is 4.79 Å². The number of benzene rings is 2. The van der Waals surface area contributed by atoms with Crippen molar-refractivity contribution in [1.29, 1.82) is 0 Å². The maximum Gasteiger partial charge on any atom is 0.254 e. The summed E-state index contributed by atoms with van der Waals surface area (Å²) in [5.74, 6) is 0.646. The molecule has 0 amide bonds. The molecule has 4 rings (SSSR count). The summed E-state index contributed by atoms with van der Waals surface area (Å²) >= 11 is 0. The van der Waals surface area contributed by atoms with Gasteiger partial charge in [0.1, 0.15) is 5.82 Å². The molecule has 0 bridgehead atoms. The van der Waals surface area contributed by atoms with E-state index in [-0.39, 0.29) is 5.56 Å². The number of aromatic nitrogens is 2. The molecule has 0 atom stereocenters. The van der Waals surface area contributed by atoms with Crippen molar-refractivity contribution in [2.75, 3.05) is 6.54 Å². The minimum atomic E-state index is -0.00958. The van der Waals surface area contributed by atoms with Crippen LogP contribution >= 0.6 is 0 Å². The highest BCUT2D eigenvalue weighted by molar-refractivity contribution is 5.86. The van der Waals surface area contributed by atoms with Crippen LogP contribution in [0.5, 0.6) is 0 Å². The molecule has 1 aromatic heterocycles. The van der Waals surface area contributed by atoms with Gasteiger partial charge in [-0.25, -0.2) is 4.98 Å². The molecule has 2 aromatic carbocycles. The molecule has 0 radical (unpaired) electrons. The SMILES string of the molecule is O=c1[nH]c(-c2ccc3ccccc3c2)nc2c1CCNC2. The molecule has 2 N–H and O–H groups in total. The Kier molecular flexibility index (Phi) is 2.82. The van der Waals surface area contributed by atoms with E-state index in [4.69, 9.17) is 0 Å². The molecule has 2 heterocycles. The third-order valence-corrected chi connectivity index (χ3v) is 3.97. The Morgan fingerprint density at radius 3 is 2.81 bits per heavy atom. The van der Waals surface area contributed by atoms with E-state index in [1.807, 2.05) is 18.2 Å². The summed E-state index contributed by atoms with van der Waals surface area (Å²) in [7, 11) is 0. The van der Waals surface area contributed by atoms with Crippen LogP contribution in [0.2, 0.25) is 0 Å². The van der Waals surface area contributed by atoms with Gasteiger partial charge < -0.3 is 10.3 Å². The smallest absolute Gasteiger partial charge is 0.254 e. The Hall–Kier alpha value is -2.46. The van der Waals surface area contributed by atoms with Gasteiger partial charge in [-0.05, 0) is 29.8 Å². The van der Waals surface area contributed by atoms with Gasteiger partial charge in [0.15, 0.2) is 0 Å². The highest BCUT2D eigenvalue weighted by Crippen LogP contribution is 2.22. The molecule has 1 aliphatic heterocycles. The molecule has 0 fully saturated rings. The number of rotatable bonds is 1. The first-order valence-corrected chi connectivity index (χ1v) is 7.13.